The molecule has 2 aromatic heterocycles. The standard InChI is InChI=1S/C24H28FN3O5/c1-31-13-15(14-32-2)9-19-12-26-21(18-10-17-5-8-33-22(17)20(25)11-18)23(27-19)28-6-3-16(4-7-28)24(29)30/h5,8,10-12,15-16H,3-4,6-7,9,13-14H2,1-2H3,(H,29,30). The minimum atomic E-state index is -0.774. The van der Waals surface area contributed by atoms with Crippen molar-refractivity contribution in [2.24, 2.45) is 11.8 Å². The third-order valence-electron chi connectivity index (χ3n) is 6.03. The highest BCUT2D eigenvalue weighted by atomic mass is 19.1. The molecule has 1 aliphatic rings. The summed E-state index contributed by atoms with van der Waals surface area (Å²) in [5.74, 6) is -0.857. The van der Waals surface area contributed by atoms with Gasteiger partial charge in [0.05, 0.1) is 31.1 Å². The minimum Gasteiger partial charge on any atom is -0.481 e. The van der Waals surface area contributed by atoms with Crippen LogP contribution in [0.25, 0.3) is 22.2 Å². The molecule has 1 aromatic carbocycles. The van der Waals surface area contributed by atoms with Crippen molar-refractivity contribution >= 4 is 22.8 Å². The van der Waals surface area contributed by atoms with E-state index in [1.807, 2.05) is 11.0 Å². The lowest BCUT2D eigenvalue weighted by Crippen LogP contribution is -2.37. The quantitative estimate of drug-likeness (QED) is 0.518. The molecule has 33 heavy (non-hydrogen) atoms. The fraction of sp³-hybridized carbons (Fsp3) is 0.458. The maximum absolute atomic E-state index is 14.7. The molecule has 4 rings (SSSR count). The summed E-state index contributed by atoms with van der Waals surface area (Å²) >= 11 is 0. The Morgan fingerprint density at radius 3 is 2.67 bits per heavy atom. The number of fused-ring (bicyclic) bond motifs is 1. The summed E-state index contributed by atoms with van der Waals surface area (Å²) < 4.78 is 30.5. The van der Waals surface area contributed by atoms with Crippen molar-refractivity contribution in [1.29, 1.82) is 0 Å². The maximum atomic E-state index is 14.7. The molecule has 1 aliphatic heterocycles. The number of aromatic nitrogens is 2. The third kappa shape index (κ3) is 5.15. The van der Waals surface area contributed by atoms with E-state index in [0.717, 1.165) is 5.69 Å². The molecule has 0 radical (unpaired) electrons. The summed E-state index contributed by atoms with van der Waals surface area (Å²) in [4.78, 5) is 23.0. The Labute approximate surface area is 191 Å². The van der Waals surface area contributed by atoms with Gasteiger partial charge >= 0.3 is 5.97 Å². The lowest BCUT2D eigenvalue weighted by molar-refractivity contribution is -0.142. The summed E-state index contributed by atoms with van der Waals surface area (Å²) in [6, 6.07) is 4.95. The van der Waals surface area contributed by atoms with E-state index in [1.54, 1.807) is 26.5 Å². The number of anilines is 1. The van der Waals surface area contributed by atoms with Crippen LogP contribution in [0.2, 0.25) is 0 Å². The molecule has 0 atom stereocenters. The number of hydrogen-bond donors (Lipinski definition) is 1. The molecule has 0 spiro atoms. The predicted molar refractivity (Wildman–Crippen MR) is 121 cm³/mol. The van der Waals surface area contributed by atoms with Gasteiger partial charge in [0.15, 0.2) is 17.2 Å². The summed E-state index contributed by atoms with van der Waals surface area (Å²) in [6.07, 6.45) is 4.81. The first-order valence-corrected chi connectivity index (χ1v) is 11.0. The third-order valence-corrected chi connectivity index (χ3v) is 6.03. The zero-order valence-corrected chi connectivity index (χ0v) is 18.8. The highest BCUT2D eigenvalue weighted by molar-refractivity contribution is 5.85. The van der Waals surface area contributed by atoms with Crippen molar-refractivity contribution in [2.45, 2.75) is 19.3 Å². The topological polar surface area (TPSA) is 97.9 Å². The smallest absolute Gasteiger partial charge is 0.306 e. The van der Waals surface area contributed by atoms with Crippen LogP contribution in [0, 0.1) is 17.7 Å². The second-order valence-corrected chi connectivity index (χ2v) is 8.41. The average molecular weight is 458 g/mol. The molecule has 0 amide bonds. The largest absolute Gasteiger partial charge is 0.481 e. The van der Waals surface area contributed by atoms with Gasteiger partial charge in [0.25, 0.3) is 0 Å². The molecule has 1 fully saturated rings. The molecule has 0 unspecified atom stereocenters. The number of carboxylic acid groups (broad SMARTS) is 1. The van der Waals surface area contributed by atoms with Crippen molar-refractivity contribution in [3.05, 3.63) is 42.2 Å². The second kappa shape index (κ2) is 10.3. The number of rotatable bonds is 9. The Kier molecular flexibility index (Phi) is 7.20. The lowest BCUT2D eigenvalue weighted by atomic mass is 9.96. The number of piperidine rings is 1. The van der Waals surface area contributed by atoms with Gasteiger partial charge in [0.2, 0.25) is 0 Å². The molecule has 3 aromatic rings. The zero-order valence-electron chi connectivity index (χ0n) is 18.8. The van der Waals surface area contributed by atoms with Gasteiger partial charge in [0.1, 0.15) is 5.69 Å². The number of furan rings is 1. The molecular formula is C24H28FN3O5. The first kappa shape index (κ1) is 23.1. The SMILES string of the molecule is COCC(COC)Cc1cnc(-c2cc(F)c3occc3c2)c(N2CCC(C(=O)O)CC2)n1. The minimum absolute atomic E-state index is 0.116. The van der Waals surface area contributed by atoms with Gasteiger partial charge < -0.3 is 23.9 Å². The van der Waals surface area contributed by atoms with Crippen molar-refractivity contribution in [2.75, 3.05) is 45.4 Å². The van der Waals surface area contributed by atoms with Crippen molar-refractivity contribution < 1.29 is 28.2 Å². The van der Waals surface area contributed by atoms with E-state index in [4.69, 9.17) is 18.9 Å². The first-order valence-electron chi connectivity index (χ1n) is 11.0. The Balaban J connectivity index is 1.71. The number of benzene rings is 1. The van der Waals surface area contributed by atoms with Crippen LogP contribution in [0.15, 0.2) is 35.1 Å². The molecule has 3 heterocycles. The average Bonchev–Trinajstić information content (AvgIpc) is 3.29. The van der Waals surface area contributed by atoms with Crippen LogP contribution in [0.3, 0.4) is 0 Å². The molecule has 1 N–H and O–H groups in total. The monoisotopic (exact) mass is 457 g/mol. The fourth-order valence-electron chi connectivity index (χ4n) is 4.38. The summed E-state index contributed by atoms with van der Waals surface area (Å²) in [6.45, 7) is 2.13. The molecule has 8 nitrogen and oxygen atoms in total. The fourth-order valence-corrected chi connectivity index (χ4v) is 4.38. The van der Waals surface area contributed by atoms with E-state index >= 15 is 0 Å². The van der Waals surface area contributed by atoms with Crippen LogP contribution >= 0.6 is 0 Å². The Morgan fingerprint density at radius 2 is 2.00 bits per heavy atom. The first-order chi connectivity index (χ1) is 16.0. The molecule has 0 bridgehead atoms. The predicted octanol–water partition coefficient (Wildman–Crippen LogP) is 3.78. The molecule has 1 saturated heterocycles. The second-order valence-electron chi connectivity index (χ2n) is 8.41. The normalized spacial score (nSPS) is 15.0. The molecular weight excluding hydrogens is 429 g/mol. The summed E-state index contributed by atoms with van der Waals surface area (Å²) in [5, 5.41) is 10.0. The van der Waals surface area contributed by atoms with Crippen molar-refractivity contribution in [3.63, 3.8) is 0 Å². The van der Waals surface area contributed by atoms with Gasteiger partial charge in [-0.3, -0.25) is 9.78 Å². The number of carbonyl (C=O) groups is 1. The van der Waals surface area contributed by atoms with Gasteiger partial charge in [-0.15, -0.1) is 0 Å². The number of aliphatic carboxylic acids is 1. The van der Waals surface area contributed by atoms with Crippen molar-refractivity contribution in [3.8, 4) is 11.3 Å². The highest BCUT2D eigenvalue weighted by Crippen LogP contribution is 2.34. The number of nitrogens with zero attached hydrogens (tertiary/aromatic N) is 3. The van der Waals surface area contributed by atoms with Gasteiger partial charge in [-0.05, 0) is 37.5 Å². The molecule has 0 aliphatic carbocycles. The maximum Gasteiger partial charge on any atom is 0.306 e. The molecule has 0 saturated carbocycles. The van der Waals surface area contributed by atoms with Gasteiger partial charge in [-0.25, -0.2) is 9.37 Å². The van der Waals surface area contributed by atoms with Crippen LogP contribution < -0.4 is 4.90 Å². The number of carboxylic acids is 1. The van der Waals surface area contributed by atoms with Crippen molar-refractivity contribution in [1.82, 2.24) is 9.97 Å². The highest BCUT2D eigenvalue weighted by Gasteiger charge is 2.28. The van der Waals surface area contributed by atoms with Gasteiger partial charge in [-0.1, -0.05) is 0 Å². The Hall–Kier alpha value is -3.04. The zero-order chi connectivity index (χ0) is 23.4. The van der Waals surface area contributed by atoms with Crippen LogP contribution in [0.1, 0.15) is 18.5 Å². The van der Waals surface area contributed by atoms with E-state index < -0.39 is 11.8 Å². The van der Waals surface area contributed by atoms with E-state index in [9.17, 15) is 14.3 Å². The summed E-state index contributed by atoms with van der Waals surface area (Å²) in [5.41, 5.74) is 2.14. The van der Waals surface area contributed by atoms with E-state index in [2.05, 4.69) is 4.98 Å². The van der Waals surface area contributed by atoms with Gasteiger partial charge in [-0.2, -0.15) is 0 Å². The number of halogens is 1. The Morgan fingerprint density at radius 1 is 1.27 bits per heavy atom. The summed E-state index contributed by atoms with van der Waals surface area (Å²) in [7, 11) is 3.30. The number of hydrogen-bond acceptors (Lipinski definition) is 7. The van der Waals surface area contributed by atoms with E-state index in [0.29, 0.717) is 68.0 Å². The van der Waals surface area contributed by atoms with Crippen LogP contribution in [0.5, 0.6) is 0 Å². The molecule has 9 heteroatoms. The van der Waals surface area contributed by atoms with E-state index in [-0.39, 0.29) is 17.4 Å². The number of ether oxygens (including phenoxy) is 2. The van der Waals surface area contributed by atoms with Gasteiger partial charge in [0, 0.05) is 50.4 Å². The number of methoxy groups -OCH3 is 2. The van der Waals surface area contributed by atoms with E-state index in [1.165, 1.54) is 12.3 Å². The van der Waals surface area contributed by atoms with Crippen LogP contribution in [0.4, 0.5) is 10.2 Å². The van der Waals surface area contributed by atoms with Crippen LogP contribution in [-0.4, -0.2) is 61.6 Å². The lowest BCUT2D eigenvalue weighted by Gasteiger charge is -2.32. The van der Waals surface area contributed by atoms with Crippen LogP contribution in [-0.2, 0) is 20.7 Å². The Bertz CT molecular complexity index is 1100. The molecule has 176 valence electrons.